The molecule has 0 radical (unpaired) electrons. The number of amides is 2. The molecular formula is C23H19Cl2N3O3. The van der Waals surface area contributed by atoms with Crippen molar-refractivity contribution < 1.29 is 14.3 Å². The van der Waals surface area contributed by atoms with E-state index in [0.29, 0.717) is 33.7 Å². The molecule has 6 nitrogen and oxygen atoms in total. The average molecular weight is 456 g/mol. The van der Waals surface area contributed by atoms with E-state index >= 15 is 0 Å². The van der Waals surface area contributed by atoms with Gasteiger partial charge >= 0.3 is 11.8 Å². The second-order valence-corrected chi connectivity index (χ2v) is 7.45. The lowest BCUT2D eigenvalue weighted by Gasteiger charge is -2.07. The van der Waals surface area contributed by atoms with Crippen LogP contribution >= 0.6 is 23.2 Å². The Morgan fingerprint density at radius 1 is 1.00 bits per heavy atom. The van der Waals surface area contributed by atoms with Crippen molar-refractivity contribution in [2.45, 2.75) is 13.5 Å². The molecule has 8 heteroatoms. The van der Waals surface area contributed by atoms with Gasteiger partial charge in [-0.1, -0.05) is 53.5 Å². The summed E-state index contributed by atoms with van der Waals surface area (Å²) in [5.74, 6) is -1.11. The zero-order valence-corrected chi connectivity index (χ0v) is 18.1. The summed E-state index contributed by atoms with van der Waals surface area (Å²) < 4.78 is 5.76. The van der Waals surface area contributed by atoms with Gasteiger partial charge in [0, 0.05) is 15.7 Å². The molecule has 0 unspecified atom stereocenters. The molecule has 0 fully saturated rings. The number of nitrogens with zero attached hydrogens (tertiary/aromatic N) is 1. The Labute approximate surface area is 189 Å². The van der Waals surface area contributed by atoms with Crippen LogP contribution in [-0.2, 0) is 16.2 Å². The highest BCUT2D eigenvalue weighted by molar-refractivity contribution is 6.39. The smallest absolute Gasteiger partial charge is 0.329 e. The molecule has 3 rings (SSSR count). The van der Waals surface area contributed by atoms with Crippen LogP contribution in [-0.4, -0.2) is 18.0 Å². The number of carbonyl (C=O) groups excluding carboxylic acids is 2. The second kappa shape index (κ2) is 10.6. The summed E-state index contributed by atoms with van der Waals surface area (Å²) in [6, 6.07) is 19.5. The highest BCUT2D eigenvalue weighted by atomic mass is 35.5. The maximum absolute atomic E-state index is 12.0. The summed E-state index contributed by atoms with van der Waals surface area (Å²) >= 11 is 11.9. The van der Waals surface area contributed by atoms with Gasteiger partial charge in [0.25, 0.3) is 0 Å². The van der Waals surface area contributed by atoms with E-state index in [1.165, 1.54) is 6.21 Å². The Balaban J connectivity index is 1.52. The van der Waals surface area contributed by atoms with Gasteiger partial charge < -0.3 is 10.1 Å². The van der Waals surface area contributed by atoms with Crippen LogP contribution in [0.5, 0.6) is 5.75 Å². The second-order valence-electron chi connectivity index (χ2n) is 6.60. The number of ether oxygens (including phenoxy) is 1. The van der Waals surface area contributed by atoms with Gasteiger partial charge in [0.1, 0.15) is 12.4 Å². The standard InChI is InChI=1S/C23H19Cl2N3O3/c1-15-5-10-19(12-21(15)25)27-22(29)23(30)28-26-13-17-3-2-4-20(11-17)31-14-16-6-8-18(24)9-7-16/h2-13H,14H2,1H3,(H,27,29)(H,28,30). The molecule has 0 aliphatic carbocycles. The van der Waals surface area contributed by atoms with Crippen LogP contribution in [0, 0.1) is 6.92 Å². The Morgan fingerprint density at radius 2 is 1.77 bits per heavy atom. The molecule has 3 aromatic carbocycles. The molecule has 0 saturated heterocycles. The van der Waals surface area contributed by atoms with Gasteiger partial charge in [-0.25, -0.2) is 5.43 Å². The van der Waals surface area contributed by atoms with E-state index < -0.39 is 11.8 Å². The maximum atomic E-state index is 12.0. The van der Waals surface area contributed by atoms with Crippen molar-refractivity contribution in [3.05, 3.63) is 93.5 Å². The summed E-state index contributed by atoms with van der Waals surface area (Å²) in [6.45, 7) is 2.23. The molecule has 0 bridgehead atoms. The number of halogens is 2. The van der Waals surface area contributed by atoms with Crippen molar-refractivity contribution in [3.8, 4) is 5.75 Å². The summed E-state index contributed by atoms with van der Waals surface area (Å²) in [5, 5.41) is 7.45. The largest absolute Gasteiger partial charge is 0.489 e. The summed E-state index contributed by atoms with van der Waals surface area (Å²) in [5.41, 5.74) is 5.16. The van der Waals surface area contributed by atoms with E-state index in [-0.39, 0.29) is 0 Å². The lowest BCUT2D eigenvalue weighted by atomic mass is 10.2. The highest BCUT2D eigenvalue weighted by Crippen LogP contribution is 2.20. The third kappa shape index (κ3) is 6.84. The molecule has 0 aliphatic heterocycles. The number of rotatable bonds is 6. The molecule has 2 amide bonds. The monoisotopic (exact) mass is 455 g/mol. The molecular weight excluding hydrogens is 437 g/mol. The van der Waals surface area contributed by atoms with Gasteiger partial charge in [-0.15, -0.1) is 0 Å². The van der Waals surface area contributed by atoms with Crippen LogP contribution in [0.25, 0.3) is 0 Å². The number of nitrogens with one attached hydrogen (secondary N) is 2. The fraction of sp³-hybridized carbons (Fsp3) is 0.0870. The molecule has 0 spiro atoms. The molecule has 0 saturated carbocycles. The van der Waals surface area contributed by atoms with E-state index in [2.05, 4.69) is 15.8 Å². The van der Waals surface area contributed by atoms with Crippen LogP contribution in [0.4, 0.5) is 5.69 Å². The fourth-order valence-electron chi connectivity index (χ4n) is 2.51. The van der Waals surface area contributed by atoms with E-state index in [0.717, 1.165) is 11.1 Å². The van der Waals surface area contributed by atoms with Crippen LogP contribution < -0.4 is 15.5 Å². The number of hydrazone groups is 1. The Morgan fingerprint density at radius 3 is 2.52 bits per heavy atom. The number of carbonyl (C=O) groups is 2. The number of hydrogen-bond acceptors (Lipinski definition) is 4. The third-order valence-electron chi connectivity index (χ3n) is 4.19. The molecule has 3 aromatic rings. The Hall–Kier alpha value is -3.35. The topological polar surface area (TPSA) is 79.8 Å². The fourth-order valence-corrected chi connectivity index (χ4v) is 2.81. The zero-order valence-electron chi connectivity index (χ0n) is 16.6. The van der Waals surface area contributed by atoms with Gasteiger partial charge in [-0.3, -0.25) is 9.59 Å². The van der Waals surface area contributed by atoms with Crippen molar-refractivity contribution in [1.82, 2.24) is 5.43 Å². The van der Waals surface area contributed by atoms with Gasteiger partial charge in [0.05, 0.1) is 6.21 Å². The SMILES string of the molecule is Cc1ccc(NC(=O)C(=O)NN=Cc2cccc(OCc3ccc(Cl)cc3)c2)cc1Cl. The molecule has 0 aromatic heterocycles. The van der Waals surface area contributed by atoms with E-state index in [4.69, 9.17) is 27.9 Å². The zero-order chi connectivity index (χ0) is 22.2. The molecule has 0 heterocycles. The van der Waals surface area contributed by atoms with Crippen LogP contribution in [0.1, 0.15) is 16.7 Å². The minimum Gasteiger partial charge on any atom is -0.489 e. The first kappa shape index (κ1) is 22.3. The lowest BCUT2D eigenvalue weighted by molar-refractivity contribution is -0.136. The van der Waals surface area contributed by atoms with E-state index in [1.807, 2.05) is 25.1 Å². The molecule has 31 heavy (non-hydrogen) atoms. The summed E-state index contributed by atoms with van der Waals surface area (Å²) in [6.07, 6.45) is 1.42. The number of anilines is 1. The normalized spacial score (nSPS) is 10.7. The van der Waals surface area contributed by atoms with Crippen LogP contribution in [0.2, 0.25) is 10.0 Å². The molecule has 0 aliphatic rings. The third-order valence-corrected chi connectivity index (χ3v) is 4.85. The quantitative estimate of drug-likeness (QED) is 0.312. The van der Waals surface area contributed by atoms with E-state index in [9.17, 15) is 9.59 Å². The van der Waals surface area contributed by atoms with Gasteiger partial charge in [-0.05, 0) is 60.0 Å². The molecule has 2 N–H and O–H groups in total. The van der Waals surface area contributed by atoms with Crippen molar-refractivity contribution in [1.29, 1.82) is 0 Å². The van der Waals surface area contributed by atoms with Gasteiger partial charge in [0.15, 0.2) is 0 Å². The molecule has 158 valence electrons. The molecule has 0 atom stereocenters. The van der Waals surface area contributed by atoms with Crippen molar-refractivity contribution in [2.75, 3.05) is 5.32 Å². The highest BCUT2D eigenvalue weighted by Gasteiger charge is 2.13. The summed E-state index contributed by atoms with van der Waals surface area (Å²) in [4.78, 5) is 23.9. The Bertz CT molecular complexity index is 1120. The average Bonchev–Trinajstić information content (AvgIpc) is 2.76. The van der Waals surface area contributed by atoms with Crippen LogP contribution in [0.15, 0.2) is 71.8 Å². The first-order valence-corrected chi connectivity index (χ1v) is 10.0. The predicted molar refractivity (Wildman–Crippen MR) is 123 cm³/mol. The number of benzene rings is 3. The predicted octanol–water partition coefficient (Wildman–Crippen LogP) is 4.97. The maximum Gasteiger partial charge on any atom is 0.329 e. The number of aryl methyl sites for hydroxylation is 1. The van der Waals surface area contributed by atoms with E-state index in [1.54, 1.807) is 48.5 Å². The first-order chi connectivity index (χ1) is 14.9. The van der Waals surface area contributed by atoms with Crippen molar-refractivity contribution in [2.24, 2.45) is 5.10 Å². The minimum absolute atomic E-state index is 0.387. The Kier molecular flexibility index (Phi) is 7.65. The summed E-state index contributed by atoms with van der Waals surface area (Å²) in [7, 11) is 0. The number of hydrogen-bond donors (Lipinski definition) is 2. The lowest BCUT2D eigenvalue weighted by Crippen LogP contribution is -2.32. The van der Waals surface area contributed by atoms with Crippen molar-refractivity contribution >= 4 is 46.9 Å². The van der Waals surface area contributed by atoms with Crippen molar-refractivity contribution in [3.63, 3.8) is 0 Å². The van der Waals surface area contributed by atoms with Crippen LogP contribution in [0.3, 0.4) is 0 Å². The van der Waals surface area contributed by atoms with Gasteiger partial charge in [-0.2, -0.15) is 5.10 Å². The van der Waals surface area contributed by atoms with Gasteiger partial charge in [0.2, 0.25) is 0 Å². The minimum atomic E-state index is -0.900. The first-order valence-electron chi connectivity index (χ1n) is 9.28.